The van der Waals surface area contributed by atoms with Crippen LogP contribution in [0.1, 0.15) is 18.4 Å². The van der Waals surface area contributed by atoms with Crippen molar-refractivity contribution in [3.63, 3.8) is 0 Å². The van der Waals surface area contributed by atoms with Crippen LogP contribution in [0, 0.1) is 6.92 Å². The van der Waals surface area contributed by atoms with E-state index in [1.165, 1.54) is 18.5 Å². The Labute approximate surface area is 89.1 Å². The van der Waals surface area contributed by atoms with Gasteiger partial charge in [0.15, 0.2) is 0 Å². The lowest BCUT2D eigenvalue weighted by Crippen LogP contribution is -2.18. The van der Waals surface area contributed by atoms with Gasteiger partial charge in [-0.1, -0.05) is 17.2 Å². The summed E-state index contributed by atoms with van der Waals surface area (Å²) in [5, 5.41) is 3.69. The Morgan fingerprint density at radius 3 is 2.73 bits per heavy atom. The third-order valence-electron chi connectivity index (χ3n) is 2.88. The van der Waals surface area contributed by atoms with Crippen molar-refractivity contribution in [1.29, 1.82) is 0 Å². The molecule has 1 aromatic rings. The van der Waals surface area contributed by atoms with Crippen LogP contribution in [0.2, 0.25) is 0 Å². The Hall–Kier alpha value is -1.67. The highest BCUT2D eigenvalue weighted by Crippen LogP contribution is 2.30. The standard InChI is InChI=1S/C11H14N4/c1-9-10(13-14-12)5-4-6-11(9)15-7-2-3-8-15/h4-6H,2-3,7-8H2,1H3. The summed E-state index contributed by atoms with van der Waals surface area (Å²) in [5.74, 6) is 0. The lowest BCUT2D eigenvalue weighted by Gasteiger charge is -2.20. The molecule has 78 valence electrons. The first-order valence-electron chi connectivity index (χ1n) is 5.22. The Balaban J connectivity index is 2.38. The van der Waals surface area contributed by atoms with Crippen molar-refractivity contribution in [2.75, 3.05) is 18.0 Å². The molecular formula is C11H14N4. The molecule has 1 aromatic carbocycles. The molecule has 0 atom stereocenters. The second kappa shape index (κ2) is 4.24. The van der Waals surface area contributed by atoms with Crippen molar-refractivity contribution in [2.24, 2.45) is 5.11 Å². The van der Waals surface area contributed by atoms with E-state index >= 15 is 0 Å². The molecule has 15 heavy (non-hydrogen) atoms. The van der Waals surface area contributed by atoms with Crippen LogP contribution in [0.5, 0.6) is 0 Å². The summed E-state index contributed by atoms with van der Waals surface area (Å²) in [4.78, 5) is 5.19. The first-order chi connectivity index (χ1) is 7.33. The summed E-state index contributed by atoms with van der Waals surface area (Å²) in [6.45, 7) is 4.23. The van der Waals surface area contributed by atoms with Gasteiger partial charge in [0.2, 0.25) is 0 Å². The molecule has 0 aromatic heterocycles. The van der Waals surface area contributed by atoms with Crippen LogP contribution in [0.3, 0.4) is 0 Å². The van der Waals surface area contributed by atoms with Crippen molar-refractivity contribution in [1.82, 2.24) is 0 Å². The molecule has 1 aliphatic rings. The zero-order chi connectivity index (χ0) is 10.7. The van der Waals surface area contributed by atoms with Gasteiger partial charge in [0.25, 0.3) is 0 Å². The maximum atomic E-state index is 8.45. The van der Waals surface area contributed by atoms with Crippen molar-refractivity contribution >= 4 is 11.4 Å². The average molecular weight is 202 g/mol. The van der Waals surface area contributed by atoms with Gasteiger partial charge < -0.3 is 4.90 Å². The van der Waals surface area contributed by atoms with Crippen molar-refractivity contribution in [3.8, 4) is 0 Å². The number of anilines is 1. The minimum Gasteiger partial charge on any atom is -0.371 e. The van der Waals surface area contributed by atoms with Crippen LogP contribution in [-0.2, 0) is 0 Å². The molecule has 1 heterocycles. The summed E-state index contributed by atoms with van der Waals surface area (Å²) in [5.41, 5.74) is 11.5. The van der Waals surface area contributed by atoms with Gasteiger partial charge in [0.1, 0.15) is 0 Å². The summed E-state index contributed by atoms with van der Waals surface area (Å²) >= 11 is 0. The second-order valence-electron chi connectivity index (χ2n) is 3.80. The van der Waals surface area contributed by atoms with Gasteiger partial charge in [-0.2, -0.15) is 0 Å². The van der Waals surface area contributed by atoms with E-state index in [4.69, 9.17) is 5.53 Å². The zero-order valence-corrected chi connectivity index (χ0v) is 8.85. The minimum absolute atomic E-state index is 0.738. The van der Waals surface area contributed by atoms with E-state index in [0.29, 0.717) is 0 Å². The maximum Gasteiger partial charge on any atom is 0.0425 e. The quantitative estimate of drug-likeness (QED) is 0.411. The van der Waals surface area contributed by atoms with Gasteiger partial charge in [-0.3, -0.25) is 0 Å². The number of nitrogens with zero attached hydrogens (tertiary/aromatic N) is 4. The fourth-order valence-corrected chi connectivity index (χ4v) is 2.07. The Bertz CT molecular complexity index is 401. The number of azide groups is 1. The third-order valence-corrected chi connectivity index (χ3v) is 2.88. The summed E-state index contributed by atoms with van der Waals surface area (Å²) in [7, 11) is 0. The summed E-state index contributed by atoms with van der Waals surface area (Å²) in [6.07, 6.45) is 2.51. The molecule has 2 rings (SSSR count). The molecule has 0 radical (unpaired) electrons. The molecule has 0 aliphatic carbocycles. The molecule has 1 fully saturated rings. The molecular weight excluding hydrogens is 188 g/mol. The lowest BCUT2D eigenvalue weighted by atomic mass is 10.1. The molecule has 0 bridgehead atoms. The zero-order valence-electron chi connectivity index (χ0n) is 8.85. The molecule has 0 amide bonds. The molecule has 0 saturated carbocycles. The van der Waals surface area contributed by atoms with E-state index in [1.807, 2.05) is 19.1 Å². The van der Waals surface area contributed by atoms with Crippen molar-refractivity contribution in [2.45, 2.75) is 19.8 Å². The Morgan fingerprint density at radius 2 is 2.07 bits per heavy atom. The second-order valence-corrected chi connectivity index (χ2v) is 3.80. The number of hydrogen-bond donors (Lipinski definition) is 0. The Morgan fingerprint density at radius 1 is 1.33 bits per heavy atom. The van der Waals surface area contributed by atoms with Gasteiger partial charge in [-0.05, 0) is 36.9 Å². The molecule has 0 unspecified atom stereocenters. The van der Waals surface area contributed by atoms with E-state index in [9.17, 15) is 0 Å². The molecule has 1 aliphatic heterocycles. The number of benzene rings is 1. The maximum absolute atomic E-state index is 8.45. The van der Waals surface area contributed by atoms with E-state index in [2.05, 4.69) is 21.0 Å². The van der Waals surface area contributed by atoms with Crippen LogP contribution in [0.4, 0.5) is 11.4 Å². The van der Waals surface area contributed by atoms with Crippen LogP contribution >= 0.6 is 0 Å². The lowest BCUT2D eigenvalue weighted by molar-refractivity contribution is 0.949. The highest BCUT2D eigenvalue weighted by Gasteiger charge is 2.14. The van der Waals surface area contributed by atoms with Crippen molar-refractivity contribution < 1.29 is 0 Å². The van der Waals surface area contributed by atoms with Gasteiger partial charge in [0.05, 0.1) is 0 Å². The van der Waals surface area contributed by atoms with Crippen LogP contribution < -0.4 is 4.90 Å². The average Bonchev–Trinajstić information content (AvgIpc) is 2.74. The number of hydrogen-bond acceptors (Lipinski definition) is 2. The van der Waals surface area contributed by atoms with E-state index < -0.39 is 0 Å². The predicted octanol–water partition coefficient (Wildman–Crippen LogP) is 3.54. The van der Waals surface area contributed by atoms with E-state index in [0.717, 1.165) is 24.3 Å². The fourth-order valence-electron chi connectivity index (χ4n) is 2.07. The summed E-state index contributed by atoms with van der Waals surface area (Å²) in [6, 6.07) is 5.90. The van der Waals surface area contributed by atoms with Gasteiger partial charge in [-0.15, -0.1) is 0 Å². The van der Waals surface area contributed by atoms with Crippen molar-refractivity contribution in [3.05, 3.63) is 34.2 Å². The first-order valence-corrected chi connectivity index (χ1v) is 5.22. The third kappa shape index (κ3) is 1.90. The summed E-state index contributed by atoms with van der Waals surface area (Å²) < 4.78 is 0. The molecule has 4 nitrogen and oxygen atoms in total. The largest absolute Gasteiger partial charge is 0.371 e. The highest BCUT2D eigenvalue weighted by atomic mass is 15.2. The number of rotatable bonds is 2. The van der Waals surface area contributed by atoms with Gasteiger partial charge in [-0.25, -0.2) is 0 Å². The molecule has 4 heteroatoms. The predicted molar refractivity (Wildman–Crippen MR) is 61.4 cm³/mol. The fraction of sp³-hybridized carbons (Fsp3) is 0.455. The van der Waals surface area contributed by atoms with Gasteiger partial charge >= 0.3 is 0 Å². The topological polar surface area (TPSA) is 52.0 Å². The van der Waals surface area contributed by atoms with E-state index in [1.54, 1.807) is 0 Å². The normalized spacial score (nSPS) is 15.1. The van der Waals surface area contributed by atoms with Crippen LogP contribution in [0.25, 0.3) is 10.4 Å². The molecule has 0 spiro atoms. The molecule has 0 N–H and O–H groups in total. The van der Waals surface area contributed by atoms with Crippen LogP contribution in [-0.4, -0.2) is 13.1 Å². The highest BCUT2D eigenvalue weighted by molar-refractivity contribution is 5.64. The smallest absolute Gasteiger partial charge is 0.0425 e. The van der Waals surface area contributed by atoms with Crippen LogP contribution in [0.15, 0.2) is 23.3 Å². The van der Waals surface area contributed by atoms with Gasteiger partial charge in [0, 0.05) is 29.4 Å². The SMILES string of the molecule is Cc1c(N=[N+]=[N-])cccc1N1CCCC1. The minimum atomic E-state index is 0.738. The Kier molecular flexibility index (Phi) is 2.79. The monoisotopic (exact) mass is 202 g/mol. The first kappa shape index (κ1) is 9.87. The molecule has 1 saturated heterocycles. The van der Waals surface area contributed by atoms with E-state index in [-0.39, 0.29) is 0 Å².